The Morgan fingerprint density at radius 2 is 1.56 bits per heavy atom. The van der Waals surface area contributed by atoms with Crippen LogP contribution in [0.15, 0.2) is 0 Å². The van der Waals surface area contributed by atoms with E-state index in [0.717, 1.165) is 6.42 Å². The third-order valence-corrected chi connectivity index (χ3v) is 0.224. The molecule has 0 saturated carbocycles. The topological polar surface area (TPSA) is 77.8 Å². The molecule has 0 heterocycles. The van der Waals surface area contributed by atoms with Crippen LogP contribution in [-0.4, -0.2) is 64.1 Å². The van der Waals surface area contributed by atoms with Crippen LogP contribution in [-0.2, 0) is 3.83 Å². The zero-order valence-corrected chi connectivity index (χ0v) is 6.29. The van der Waals surface area contributed by atoms with Crippen molar-refractivity contribution in [2.24, 2.45) is 0 Å². The Labute approximate surface area is 80.9 Å². The summed E-state index contributed by atoms with van der Waals surface area (Å²) in [6.45, 7) is 2.25. The molecule has 6 heteroatoms. The molecule has 0 radical (unpaired) electrons. The third-order valence-electron chi connectivity index (χ3n) is 0.224. The van der Waals surface area contributed by atoms with Gasteiger partial charge in [0.15, 0.2) is 0 Å². The number of hydrogen-bond donors (Lipinski definition) is 3. The zero-order chi connectivity index (χ0) is 6.99. The van der Waals surface area contributed by atoms with Crippen molar-refractivity contribution < 1.29 is 17.3 Å². The third kappa shape index (κ3) is 98.6. The molecule has 9 heavy (non-hydrogen) atoms. The van der Waals surface area contributed by atoms with Gasteiger partial charge in [-0.15, -0.1) is 0 Å². The van der Waals surface area contributed by atoms with Crippen LogP contribution in [0.25, 0.3) is 0 Å². The minimum absolute atomic E-state index is 0. The molecule has 0 unspecified atom stereocenters. The number of rotatable bonds is 1. The Kier molecular flexibility index (Phi) is 29.8. The first-order valence-electron chi connectivity index (χ1n) is 2.06. The van der Waals surface area contributed by atoms with Crippen molar-refractivity contribution in [2.45, 2.75) is 13.3 Å². The Morgan fingerprint density at radius 3 is 1.56 bits per heavy atom. The quantitative estimate of drug-likeness (QED) is 0.446. The molecule has 0 rings (SSSR count). The fraction of sp³-hybridized carbons (Fsp3) is 1.00. The molecule has 0 bridgehead atoms. The summed E-state index contributed by atoms with van der Waals surface area (Å²) < 4.78 is 23.1. The SMILES string of the molecule is CCCO.O=[Se](O)O.[NaH]. The molecular formula is C3H11NaO4Se. The van der Waals surface area contributed by atoms with Gasteiger partial charge in [-0.3, -0.25) is 0 Å². The first-order chi connectivity index (χ1) is 3.65. The molecule has 0 fully saturated rings. The summed E-state index contributed by atoms with van der Waals surface area (Å²) >= 11 is -3.29. The van der Waals surface area contributed by atoms with Crippen LogP contribution in [0, 0.1) is 0 Å². The summed E-state index contributed by atoms with van der Waals surface area (Å²) in [5, 5.41) is 7.88. The number of hydrogen-bond acceptors (Lipinski definition) is 2. The molecule has 54 valence electrons. The van der Waals surface area contributed by atoms with Gasteiger partial charge in [0, 0.05) is 6.61 Å². The van der Waals surface area contributed by atoms with Gasteiger partial charge in [0.25, 0.3) is 0 Å². The fourth-order valence-corrected chi connectivity index (χ4v) is 0. The predicted octanol–water partition coefficient (Wildman–Crippen LogP) is -1.87. The van der Waals surface area contributed by atoms with Crippen molar-refractivity contribution in [1.29, 1.82) is 0 Å². The van der Waals surface area contributed by atoms with Gasteiger partial charge < -0.3 is 5.11 Å². The van der Waals surface area contributed by atoms with Gasteiger partial charge in [0.1, 0.15) is 0 Å². The van der Waals surface area contributed by atoms with Gasteiger partial charge in [-0.1, -0.05) is 6.92 Å². The van der Waals surface area contributed by atoms with E-state index in [1.165, 1.54) is 0 Å². The molecule has 4 nitrogen and oxygen atoms in total. The molecule has 0 aliphatic rings. The normalized spacial score (nSPS) is 7.22. The van der Waals surface area contributed by atoms with E-state index in [2.05, 4.69) is 0 Å². The Balaban J connectivity index is -0.0000000720. The summed E-state index contributed by atoms with van der Waals surface area (Å²) in [6, 6.07) is 0. The van der Waals surface area contributed by atoms with E-state index in [4.69, 9.17) is 17.3 Å². The second-order valence-electron chi connectivity index (χ2n) is 0.954. The first-order valence-corrected chi connectivity index (χ1v) is 4.29. The van der Waals surface area contributed by atoms with Crippen LogP contribution in [0.2, 0.25) is 0 Å². The molecular weight excluding hydrogens is 202 g/mol. The molecule has 0 spiro atoms. The van der Waals surface area contributed by atoms with Crippen LogP contribution in [0.3, 0.4) is 0 Å². The van der Waals surface area contributed by atoms with E-state index < -0.39 is 14.5 Å². The fourth-order valence-electron chi connectivity index (χ4n) is 0. The monoisotopic (exact) mass is 214 g/mol. The Bertz CT molecular complexity index is 53.8. The molecule has 0 aromatic heterocycles. The molecule has 0 aliphatic carbocycles. The number of aliphatic hydroxyl groups excluding tert-OH is 1. The van der Waals surface area contributed by atoms with Gasteiger partial charge in [0.2, 0.25) is 0 Å². The van der Waals surface area contributed by atoms with E-state index in [-0.39, 0.29) is 29.6 Å². The van der Waals surface area contributed by atoms with E-state index in [9.17, 15) is 0 Å². The van der Waals surface area contributed by atoms with Crippen LogP contribution >= 0.6 is 0 Å². The van der Waals surface area contributed by atoms with E-state index >= 15 is 0 Å². The summed E-state index contributed by atoms with van der Waals surface area (Å²) in [5.74, 6) is 0. The molecule has 0 amide bonds. The van der Waals surface area contributed by atoms with Crippen LogP contribution in [0.4, 0.5) is 0 Å². The Morgan fingerprint density at radius 1 is 1.44 bits per heavy atom. The zero-order valence-electron chi connectivity index (χ0n) is 4.57. The second-order valence-corrected chi connectivity index (χ2v) is 1.92. The summed E-state index contributed by atoms with van der Waals surface area (Å²) in [5.41, 5.74) is 0. The van der Waals surface area contributed by atoms with Crippen molar-refractivity contribution in [3.8, 4) is 0 Å². The molecule has 0 saturated heterocycles. The van der Waals surface area contributed by atoms with Gasteiger partial charge in [-0.25, -0.2) is 0 Å². The van der Waals surface area contributed by atoms with Crippen LogP contribution in [0.1, 0.15) is 13.3 Å². The average molecular weight is 213 g/mol. The van der Waals surface area contributed by atoms with E-state index in [1.807, 2.05) is 6.92 Å². The van der Waals surface area contributed by atoms with Crippen molar-refractivity contribution in [3.05, 3.63) is 0 Å². The van der Waals surface area contributed by atoms with Gasteiger partial charge in [0.05, 0.1) is 0 Å². The molecule has 3 N–H and O–H groups in total. The summed E-state index contributed by atoms with van der Waals surface area (Å²) in [6.07, 6.45) is 0.875. The van der Waals surface area contributed by atoms with Crippen molar-refractivity contribution in [1.82, 2.24) is 0 Å². The Hall–Kier alpha value is 1.20. The summed E-state index contributed by atoms with van der Waals surface area (Å²) in [4.78, 5) is 0. The van der Waals surface area contributed by atoms with Crippen molar-refractivity contribution in [2.75, 3.05) is 6.61 Å². The van der Waals surface area contributed by atoms with Crippen LogP contribution in [0.5, 0.6) is 0 Å². The van der Waals surface area contributed by atoms with Crippen molar-refractivity contribution in [3.63, 3.8) is 0 Å². The first kappa shape index (κ1) is 16.7. The number of aliphatic hydroxyl groups is 1. The predicted molar refractivity (Wildman–Crippen MR) is 35.4 cm³/mol. The summed E-state index contributed by atoms with van der Waals surface area (Å²) in [7, 11) is 0. The maximum absolute atomic E-state index is 8.76. The van der Waals surface area contributed by atoms with Crippen LogP contribution < -0.4 is 0 Å². The van der Waals surface area contributed by atoms with Gasteiger partial charge >= 0.3 is 56.3 Å². The maximum atomic E-state index is 8.76. The second kappa shape index (κ2) is 16.1. The standard InChI is InChI=1S/C3H8O.Na.H2O3Se.H/c1-2-3-4;;1-4(2)3;/h4H,2-3H2,1H3;;(H2,1,2,3);. The van der Waals surface area contributed by atoms with Gasteiger partial charge in [-0.2, -0.15) is 0 Å². The van der Waals surface area contributed by atoms with E-state index in [1.54, 1.807) is 0 Å². The molecule has 0 atom stereocenters. The van der Waals surface area contributed by atoms with E-state index in [0.29, 0.717) is 6.61 Å². The van der Waals surface area contributed by atoms with Crippen molar-refractivity contribution >= 4 is 44.0 Å². The molecule has 0 aromatic rings. The molecule has 0 aromatic carbocycles. The molecule has 0 aliphatic heterocycles. The van der Waals surface area contributed by atoms with Gasteiger partial charge in [-0.05, 0) is 6.42 Å². The average Bonchev–Trinajstić information content (AvgIpc) is 1.65. The minimum atomic E-state index is -3.29.